The number of likely N-dealkylation sites (N-methyl/N-ethyl adjacent to an activating group) is 1. The molecule has 0 bridgehead atoms. The number of hydrogen-bond donors (Lipinski definition) is 1. The van der Waals surface area contributed by atoms with E-state index in [4.69, 9.17) is 11.6 Å². The number of nitrogens with zero attached hydrogens (tertiary/aromatic N) is 4. The van der Waals surface area contributed by atoms with Crippen LogP contribution in [0.2, 0.25) is 5.02 Å². The van der Waals surface area contributed by atoms with Crippen molar-refractivity contribution in [3.8, 4) is 0 Å². The Labute approximate surface area is 169 Å². The maximum atomic E-state index is 12.1. The van der Waals surface area contributed by atoms with Crippen LogP contribution in [0, 0.1) is 0 Å². The fourth-order valence-corrected chi connectivity index (χ4v) is 4.09. The van der Waals surface area contributed by atoms with Gasteiger partial charge in [0.25, 0.3) is 5.91 Å². The van der Waals surface area contributed by atoms with Gasteiger partial charge in [0.05, 0.1) is 17.3 Å². The zero-order valence-electron chi connectivity index (χ0n) is 15.8. The number of piperazine rings is 1. The Hall–Kier alpha value is -1.67. The van der Waals surface area contributed by atoms with Crippen LogP contribution in [-0.2, 0) is 6.54 Å². The second-order valence-electron chi connectivity index (χ2n) is 6.90. The van der Waals surface area contributed by atoms with E-state index in [0.29, 0.717) is 12.2 Å². The van der Waals surface area contributed by atoms with Gasteiger partial charge in [0.2, 0.25) is 0 Å². The predicted octanol–water partition coefficient (Wildman–Crippen LogP) is 2.41. The van der Waals surface area contributed by atoms with Gasteiger partial charge in [-0.1, -0.05) is 23.7 Å². The first-order chi connectivity index (χ1) is 13.0. The molecule has 2 aromatic rings. The summed E-state index contributed by atoms with van der Waals surface area (Å²) in [5.41, 5.74) is 1.62. The summed E-state index contributed by atoms with van der Waals surface area (Å²) in [5.74, 6) is -0.0945. The van der Waals surface area contributed by atoms with Crippen molar-refractivity contribution in [2.75, 3.05) is 58.3 Å². The molecule has 0 unspecified atom stereocenters. The summed E-state index contributed by atoms with van der Waals surface area (Å²) in [7, 11) is 3.97. The van der Waals surface area contributed by atoms with Gasteiger partial charge >= 0.3 is 0 Å². The van der Waals surface area contributed by atoms with Gasteiger partial charge in [0.15, 0.2) is 0 Å². The molecule has 1 amide bonds. The number of hydrogen-bond acceptors (Lipinski definition) is 6. The summed E-state index contributed by atoms with van der Waals surface area (Å²) in [6.45, 7) is 6.01. The molecule has 27 heavy (non-hydrogen) atoms. The minimum Gasteiger partial charge on any atom is -0.368 e. The van der Waals surface area contributed by atoms with Gasteiger partial charge in [-0.25, -0.2) is 4.98 Å². The quantitative estimate of drug-likeness (QED) is 0.763. The number of thiazole rings is 1. The number of para-hydroxylation sites is 1. The maximum Gasteiger partial charge on any atom is 0.270 e. The number of carbonyl (C=O) groups excluding carboxylic acids is 1. The number of halogens is 1. The van der Waals surface area contributed by atoms with Gasteiger partial charge in [-0.15, -0.1) is 11.3 Å². The topological polar surface area (TPSA) is 51.7 Å². The number of carbonyl (C=O) groups is 1. The second kappa shape index (κ2) is 9.50. The lowest BCUT2D eigenvalue weighted by Crippen LogP contribution is -2.46. The van der Waals surface area contributed by atoms with Crippen LogP contribution in [0.3, 0.4) is 0 Å². The van der Waals surface area contributed by atoms with Gasteiger partial charge in [0.1, 0.15) is 10.7 Å². The molecule has 0 atom stereocenters. The Morgan fingerprint density at radius 3 is 2.70 bits per heavy atom. The Balaban J connectivity index is 1.48. The van der Waals surface area contributed by atoms with Gasteiger partial charge in [0, 0.05) is 44.6 Å². The fraction of sp³-hybridized carbons (Fsp3) is 0.474. The van der Waals surface area contributed by atoms with Gasteiger partial charge in [-0.05, 0) is 26.2 Å². The SMILES string of the molecule is CN(C)CCNC(=O)c1csc(CN2CCN(c3ccccc3Cl)CC2)n1. The monoisotopic (exact) mass is 407 g/mol. The molecule has 8 heteroatoms. The highest BCUT2D eigenvalue weighted by molar-refractivity contribution is 7.09. The van der Waals surface area contributed by atoms with E-state index < -0.39 is 0 Å². The maximum absolute atomic E-state index is 12.1. The van der Waals surface area contributed by atoms with Crippen LogP contribution in [0.1, 0.15) is 15.5 Å². The summed E-state index contributed by atoms with van der Waals surface area (Å²) in [5, 5.41) is 6.54. The smallest absolute Gasteiger partial charge is 0.270 e. The number of benzene rings is 1. The van der Waals surface area contributed by atoms with Crippen molar-refractivity contribution in [3.63, 3.8) is 0 Å². The van der Waals surface area contributed by atoms with Crippen LogP contribution < -0.4 is 10.2 Å². The fourth-order valence-electron chi connectivity index (χ4n) is 3.02. The van der Waals surface area contributed by atoms with Crippen molar-refractivity contribution in [1.82, 2.24) is 20.1 Å². The summed E-state index contributed by atoms with van der Waals surface area (Å²) in [4.78, 5) is 23.4. The summed E-state index contributed by atoms with van der Waals surface area (Å²) >= 11 is 7.86. The van der Waals surface area contributed by atoms with Gasteiger partial charge in [-0.2, -0.15) is 0 Å². The first-order valence-corrected chi connectivity index (χ1v) is 10.4. The van der Waals surface area contributed by atoms with E-state index in [1.807, 2.05) is 42.6 Å². The number of rotatable bonds is 7. The highest BCUT2D eigenvalue weighted by Gasteiger charge is 2.20. The van der Waals surface area contributed by atoms with Crippen LogP contribution in [-0.4, -0.2) is 74.1 Å². The van der Waals surface area contributed by atoms with Crippen LogP contribution in [0.5, 0.6) is 0 Å². The molecule has 1 fully saturated rings. The van der Waals surface area contributed by atoms with Crippen LogP contribution in [0.4, 0.5) is 5.69 Å². The van der Waals surface area contributed by atoms with E-state index >= 15 is 0 Å². The molecular formula is C19H26ClN5OS. The summed E-state index contributed by atoms with van der Waals surface area (Å²) < 4.78 is 0. The molecule has 0 radical (unpaired) electrons. The van der Waals surface area contributed by atoms with E-state index in [0.717, 1.165) is 55.0 Å². The minimum absolute atomic E-state index is 0.0945. The highest BCUT2D eigenvalue weighted by Crippen LogP contribution is 2.26. The lowest BCUT2D eigenvalue weighted by Gasteiger charge is -2.36. The summed E-state index contributed by atoms with van der Waals surface area (Å²) in [6, 6.07) is 7.98. The number of nitrogens with one attached hydrogen (secondary N) is 1. The normalized spacial score (nSPS) is 15.3. The third kappa shape index (κ3) is 5.65. The van der Waals surface area contributed by atoms with Crippen molar-refractivity contribution in [2.24, 2.45) is 0 Å². The van der Waals surface area contributed by atoms with E-state index in [9.17, 15) is 4.79 Å². The van der Waals surface area contributed by atoms with E-state index in [-0.39, 0.29) is 5.91 Å². The van der Waals surface area contributed by atoms with E-state index in [1.54, 1.807) is 11.3 Å². The standard InChI is InChI=1S/C19H26ClN5OS/c1-23(2)8-7-21-19(26)16-14-27-18(22-16)13-24-9-11-25(12-10-24)17-6-4-3-5-15(17)20/h3-6,14H,7-13H2,1-2H3,(H,21,26). The molecule has 0 spiro atoms. The molecule has 1 N–H and O–H groups in total. The van der Waals surface area contributed by atoms with Crippen molar-refractivity contribution in [1.29, 1.82) is 0 Å². The third-order valence-corrected chi connectivity index (χ3v) is 5.71. The Morgan fingerprint density at radius 2 is 2.00 bits per heavy atom. The van der Waals surface area contributed by atoms with Gasteiger partial charge in [-0.3, -0.25) is 9.69 Å². The van der Waals surface area contributed by atoms with Crippen molar-refractivity contribution in [2.45, 2.75) is 6.54 Å². The molecular weight excluding hydrogens is 382 g/mol. The Kier molecular flexibility index (Phi) is 7.07. The molecule has 1 saturated heterocycles. The first-order valence-electron chi connectivity index (χ1n) is 9.12. The van der Waals surface area contributed by atoms with Crippen molar-refractivity contribution < 1.29 is 4.79 Å². The largest absolute Gasteiger partial charge is 0.368 e. The molecule has 1 aliphatic heterocycles. The number of aromatic nitrogens is 1. The molecule has 3 rings (SSSR count). The first kappa shape index (κ1) is 20.1. The zero-order valence-corrected chi connectivity index (χ0v) is 17.4. The minimum atomic E-state index is -0.0945. The van der Waals surface area contributed by atoms with Crippen LogP contribution in [0.15, 0.2) is 29.6 Å². The third-order valence-electron chi connectivity index (χ3n) is 4.55. The van der Waals surface area contributed by atoms with Crippen LogP contribution in [0.25, 0.3) is 0 Å². The summed E-state index contributed by atoms with van der Waals surface area (Å²) in [6.07, 6.45) is 0. The van der Waals surface area contributed by atoms with Crippen LogP contribution >= 0.6 is 22.9 Å². The molecule has 1 aliphatic rings. The molecule has 6 nitrogen and oxygen atoms in total. The Bertz CT molecular complexity index is 758. The number of amides is 1. The molecule has 0 aliphatic carbocycles. The lowest BCUT2D eigenvalue weighted by atomic mass is 10.2. The molecule has 1 aromatic carbocycles. The average molecular weight is 408 g/mol. The van der Waals surface area contributed by atoms with E-state index in [2.05, 4.69) is 26.2 Å². The van der Waals surface area contributed by atoms with Gasteiger partial charge < -0.3 is 15.1 Å². The van der Waals surface area contributed by atoms with Crippen molar-refractivity contribution in [3.05, 3.63) is 45.4 Å². The molecule has 146 valence electrons. The second-order valence-corrected chi connectivity index (χ2v) is 8.25. The lowest BCUT2D eigenvalue weighted by molar-refractivity contribution is 0.0946. The highest BCUT2D eigenvalue weighted by atomic mass is 35.5. The molecule has 0 saturated carbocycles. The number of anilines is 1. The average Bonchev–Trinajstić information content (AvgIpc) is 3.11. The predicted molar refractivity (Wildman–Crippen MR) is 112 cm³/mol. The Morgan fingerprint density at radius 1 is 1.26 bits per heavy atom. The van der Waals surface area contributed by atoms with E-state index in [1.165, 1.54) is 0 Å². The molecule has 2 heterocycles. The molecule has 1 aromatic heterocycles. The van der Waals surface area contributed by atoms with Crippen molar-refractivity contribution >= 4 is 34.5 Å². The zero-order chi connectivity index (χ0) is 19.2.